The van der Waals surface area contributed by atoms with Gasteiger partial charge in [-0.2, -0.15) is 13.2 Å². The lowest BCUT2D eigenvalue weighted by Gasteiger charge is -2.25. The number of carbonyl (C=O) groups is 1. The van der Waals surface area contributed by atoms with Gasteiger partial charge >= 0.3 is 12.1 Å². The van der Waals surface area contributed by atoms with Crippen LogP contribution in [0.1, 0.15) is 13.8 Å². The summed E-state index contributed by atoms with van der Waals surface area (Å²) in [5.41, 5.74) is 5.10. The van der Waals surface area contributed by atoms with Crippen LogP contribution in [0.5, 0.6) is 5.75 Å². The molecule has 0 fully saturated rings. The summed E-state index contributed by atoms with van der Waals surface area (Å²) in [6.45, 7) is 3.53. The van der Waals surface area contributed by atoms with E-state index in [0.717, 1.165) is 0 Å². The van der Waals surface area contributed by atoms with Gasteiger partial charge in [-0.1, -0.05) is 32.0 Å². The van der Waals surface area contributed by atoms with E-state index < -0.39 is 24.3 Å². The van der Waals surface area contributed by atoms with Gasteiger partial charge in [0.1, 0.15) is 11.8 Å². The van der Waals surface area contributed by atoms with E-state index in [1.165, 1.54) is 12.1 Å². The van der Waals surface area contributed by atoms with E-state index in [-0.39, 0.29) is 18.3 Å². The van der Waals surface area contributed by atoms with E-state index in [1.54, 1.807) is 32.0 Å². The quantitative estimate of drug-likeness (QED) is 0.820. The van der Waals surface area contributed by atoms with Crippen molar-refractivity contribution in [2.75, 3.05) is 6.61 Å². The van der Waals surface area contributed by atoms with Gasteiger partial charge in [-0.15, -0.1) is 0 Å². The van der Waals surface area contributed by atoms with Gasteiger partial charge in [0.05, 0.1) is 6.61 Å². The van der Waals surface area contributed by atoms with Crippen LogP contribution in [0.3, 0.4) is 0 Å². The molecule has 2 atom stereocenters. The molecule has 1 aromatic carbocycles. The van der Waals surface area contributed by atoms with Gasteiger partial charge in [-0.05, 0) is 18.1 Å². The summed E-state index contributed by atoms with van der Waals surface area (Å²) in [6, 6.07) is 5.23. The molecular formula is C14H18F3NO3. The van der Waals surface area contributed by atoms with Crippen molar-refractivity contribution in [2.24, 2.45) is 11.7 Å². The Balaban J connectivity index is 2.86. The number of benzene rings is 1. The predicted molar refractivity (Wildman–Crippen MR) is 70.7 cm³/mol. The van der Waals surface area contributed by atoms with Crippen LogP contribution >= 0.6 is 0 Å². The maximum absolute atomic E-state index is 12.7. The Labute approximate surface area is 121 Å². The highest BCUT2D eigenvalue weighted by atomic mass is 19.4. The van der Waals surface area contributed by atoms with E-state index >= 15 is 0 Å². The van der Waals surface area contributed by atoms with Gasteiger partial charge in [-0.3, -0.25) is 0 Å². The van der Waals surface area contributed by atoms with Crippen molar-refractivity contribution in [3.05, 3.63) is 30.3 Å². The molecule has 0 aliphatic heterocycles. The van der Waals surface area contributed by atoms with Crippen molar-refractivity contribution < 1.29 is 27.4 Å². The third-order valence-corrected chi connectivity index (χ3v) is 2.50. The monoisotopic (exact) mass is 305 g/mol. The molecule has 118 valence electrons. The molecule has 0 radical (unpaired) electrons. The Morgan fingerprint density at radius 2 is 1.81 bits per heavy atom. The van der Waals surface area contributed by atoms with E-state index in [0.29, 0.717) is 0 Å². The Morgan fingerprint density at radius 3 is 2.29 bits per heavy atom. The number of ether oxygens (including phenoxy) is 2. The zero-order valence-corrected chi connectivity index (χ0v) is 11.8. The highest BCUT2D eigenvalue weighted by Crippen LogP contribution is 2.24. The zero-order valence-electron chi connectivity index (χ0n) is 11.8. The lowest BCUT2D eigenvalue weighted by molar-refractivity contribution is -0.183. The van der Waals surface area contributed by atoms with Crippen LogP contribution in [-0.2, 0) is 9.53 Å². The average Bonchev–Trinajstić information content (AvgIpc) is 2.41. The number of halogens is 3. The fourth-order valence-electron chi connectivity index (χ4n) is 1.42. The number of hydrogen-bond acceptors (Lipinski definition) is 4. The smallest absolute Gasteiger partial charge is 0.407 e. The van der Waals surface area contributed by atoms with E-state index in [2.05, 4.69) is 0 Å². The van der Waals surface area contributed by atoms with Crippen LogP contribution in [0.15, 0.2) is 30.3 Å². The first-order chi connectivity index (χ1) is 9.71. The minimum atomic E-state index is -4.77. The summed E-state index contributed by atoms with van der Waals surface area (Å²) in [5, 5.41) is 0. The highest BCUT2D eigenvalue weighted by molar-refractivity contribution is 5.76. The summed E-state index contributed by atoms with van der Waals surface area (Å²) in [5.74, 6) is -1.02. The number of nitrogens with two attached hydrogens (primary N) is 1. The van der Waals surface area contributed by atoms with Gasteiger partial charge in [0, 0.05) is 0 Å². The van der Waals surface area contributed by atoms with E-state index in [9.17, 15) is 18.0 Å². The summed E-state index contributed by atoms with van der Waals surface area (Å²) >= 11 is 0. The van der Waals surface area contributed by atoms with E-state index in [4.69, 9.17) is 15.2 Å². The third-order valence-electron chi connectivity index (χ3n) is 2.50. The van der Waals surface area contributed by atoms with E-state index in [1.807, 2.05) is 0 Å². The van der Waals surface area contributed by atoms with Crippen LogP contribution < -0.4 is 10.5 Å². The van der Waals surface area contributed by atoms with Gasteiger partial charge in [-0.25, -0.2) is 4.79 Å². The molecule has 1 aromatic rings. The van der Waals surface area contributed by atoms with Crippen molar-refractivity contribution in [1.29, 1.82) is 0 Å². The summed E-state index contributed by atoms with van der Waals surface area (Å²) < 4.78 is 48.1. The lowest BCUT2D eigenvalue weighted by Crippen LogP contribution is -2.54. The molecule has 7 heteroatoms. The highest BCUT2D eigenvalue weighted by Gasteiger charge is 2.47. The van der Waals surface area contributed by atoms with Crippen molar-refractivity contribution in [3.63, 3.8) is 0 Å². The Bertz CT molecular complexity index is 449. The summed E-state index contributed by atoms with van der Waals surface area (Å²) in [6.07, 6.45) is -6.71. The fourth-order valence-corrected chi connectivity index (χ4v) is 1.42. The number of rotatable bonds is 6. The molecule has 0 aromatic heterocycles. The van der Waals surface area contributed by atoms with Crippen LogP contribution in [-0.4, -0.2) is 30.9 Å². The first-order valence-corrected chi connectivity index (χ1v) is 6.42. The number of esters is 1. The van der Waals surface area contributed by atoms with Gasteiger partial charge in [0.25, 0.3) is 0 Å². The van der Waals surface area contributed by atoms with Crippen LogP contribution in [0.25, 0.3) is 0 Å². The Morgan fingerprint density at radius 1 is 1.24 bits per heavy atom. The molecule has 1 rings (SSSR count). The lowest BCUT2D eigenvalue weighted by atomic mass is 10.1. The normalized spacial score (nSPS) is 14.6. The number of hydrogen-bond donors (Lipinski definition) is 1. The molecular weight excluding hydrogens is 287 g/mol. The van der Waals surface area contributed by atoms with Gasteiger partial charge < -0.3 is 15.2 Å². The molecule has 21 heavy (non-hydrogen) atoms. The second kappa shape index (κ2) is 7.31. The molecule has 0 aliphatic carbocycles. The molecule has 0 bridgehead atoms. The standard InChI is InChI=1S/C14H18F3NO3/c1-9(2)8-20-13(19)11(12(18)14(15,16)17)21-10-6-4-3-5-7-10/h3-7,9,11-12H,8,18H2,1-2H3/t11-,12-/m0/s1. The minimum absolute atomic E-state index is 0.00192. The summed E-state index contributed by atoms with van der Waals surface area (Å²) in [7, 11) is 0. The number of alkyl halides is 3. The van der Waals surface area contributed by atoms with Crippen molar-refractivity contribution in [2.45, 2.75) is 32.2 Å². The molecule has 0 spiro atoms. The Hall–Kier alpha value is -1.76. The molecule has 4 nitrogen and oxygen atoms in total. The first kappa shape index (κ1) is 17.3. The number of carbonyl (C=O) groups excluding carboxylic acids is 1. The molecule has 2 N–H and O–H groups in total. The SMILES string of the molecule is CC(C)COC(=O)[C@@H](Oc1ccccc1)[C@H](N)C(F)(F)F. The zero-order chi connectivity index (χ0) is 16.0. The fraction of sp³-hybridized carbons (Fsp3) is 0.500. The third kappa shape index (κ3) is 5.63. The van der Waals surface area contributed by atoms with Crippen molar-refractivity contribution >= 4 is 5.97 Å². The van der Waals surface area contributed by atoms with Crippen molar-refractivity contribution in [3.8, 4) is 5.75 Å². The molecule has 0 saturated carbocycles. The molecule has 0 unspecified atom stereocenters. The Kier molecular flexibility index (Phi) is 6.02. The largest absolute Gasteiger partial charge is 0.477 e. The van der Waals surface area contributed by atoms with Crippen LogP contribution in [0, 0.1) is 5.92 Å². The minimum Gasteiger partial charge on any atom is -0.477 e. The predicted octanol–water partition coefficient (Wildman–Crippen LogP) is 2.52. The topological polar surface area (TPSA) is 61.5 Å². The average molecular weight is 305 g/mol. The van der Waals surface area contributed by atoms with Crippen LogP contribution in [0.4, 0.5) is 13.2 Å². The summed E-state index contributed by atoms with van der Waals surface area (Å²) in [4.78, 5) is 11.8. The maximum atomic E-state index is 12.7. The second-order valence-corrected chi connectivity index (χ2v) is 4.94. The number of para-hydroxylation sites is 1. The van der Waals surface area contributed by atoms with Gasteiger partial charge in [0.2, 0.25) is 6.10 Å². The molecule has 0 saturated heterocycles. The molecule has 0 heterocycles. The van der Waals surface area contributed by atoms with Crippen LogP contribution in [0.2, 0.25) is 0 Å². The molecule has 0 aliphatic rings. The maximum Gasteiger partial charge on any atom is 0.407 e. The van der Waals surface area contributed by atoms with Gasteiger partial charge in [0.15, 0.2) is 0 Å². The molecule has 0 amide bonds. The van der Waals surface area contributed by atoms with Crippen molar-refractivity contribution in [1.82, 2.24) is 0 Å². The second-order valence-electron chi connectivity index (χ2n) is 4.94. The first-order valence-electron chi connectivity index (χ1n) is 6.42.